The molecular formula is C12H22N2O3. The number of carbonyl (C=O) groups excluding carboxylic acids is 1. The van der Waals surface area contributed by atoms with Crippen LogP contribution in [0.1, 0.15) is 33.6 Å². The van der Waals surface area contributed by atoms with Crippen LogP contribution in [0.3, 0.4) is 0 Å². The molecule has 1 aliphatic heterocycles. The quantitative estimate of drug-likeness (QED) is 0.454. The number of methoxy groups -OCH3 is 1. The van der Waals surface area contributed by atoms with E-state index in [0.29, 0.717) is 13.2 Å². The molecule has 1 atom stereocenters. The third-order valence-electron chi connectivity index (χ3n) is 2.63. The second-order valence-electron chi connectivity index (χ2n) is 5.53. The van der Waals surface area contributed by atoms with Gasteiger partial charge in [-0.2, -0.15) is 0 Å². The van der Waals surface area contributed by atoms with Crippen molar-refractivity contribution in [2.75, 3.05) is 20.3 Å². The van der Waals surface area contributed by atoms with Crippen LogP contribution in [0.5, 0.6) is 0 Å². The molecule has 1 saturated heterocycles. The highest BCUT2D eigenvalue weighted by atomic mass is 16.5. The fourth-order valence-corrected chi connectivity index (χ4v) is 1.76. The molecule has 0 spiro atoms. The zero-order valence-corrected chi connectivity index (χ0v) is 11.1. The number of ether oxygens (including phenoxy) is 2. The van der Waals surface area contributed by atoms with Crippen molar-refractivity contribution in [2.24, 2.45) is 5.41 Å². The van der Waals surface area contributed by atoms with Crippen molar-refractivity contribution < 1.29 is 14.3 Å². The Morgan fingerprint density at radius 1 is 1.47 bits per heavy atom. The van der Waals surface area contributed by atoms with Gasteiger partial charge in [0.25, 0.3) is 6.02 Å². The zero-order chi connectivity index (χ0) is 13.1. The van der Waals surface area contributed by atoms with Gasteiger partial charge in [0, 0.05) is 6.54 Å². The molecule has 5 heteroatoms. The Kier molecular flexibility index (Phi) is 4.37. The van der Waals surface area contributed by atoms with E-state index in [2.05, 4.69) is 0 Å². The minimum absolute atomic E-state index is 0.00673. The van der Waals surface area contributed by atoms with Crippen molar-refractivity contribution in [1.82, 2.24) is 4.90 Å². The van der Waals surface area contributed by atoms with Crippen molar-refractivity contribution in [3.63, 3.8) is 0 Å². The molecule has 0 aromatic carbocycles. The van der Waals surface area contributed by atoms with Crippen LogP contribution in [0.25, 0.3) is 0 Å². The maximum Gasteiger partial charge on any atom is 0.328 e. The summed E-state index contributed by atoms with van der Waals surface area (Å²) in [5.74, 6) is -0.286. The van der Waals surface area contributed by atoms with E-state index in [0.717, 1.165) is 12.8 Å². The van der Waals surface area contributed by atoms with Crippen molar-refractivity contribution in [2.45, 2.75) is 39.7 Å². The maximum atomic E-state index is 11.5. The molecule has 0 aromatic heterocycles. The molecular weight excluding hydrogens is 220 g/mol. The number of hydrogen-bond donors (Lipinski definition) is 1. The van der Waals surface area contributed by atoms with E-state index in [-0.39, 0.29) is 23.4 Å². The van der Waals surface area contributed by atoms with Crippen molar-refractivity contribution in [3.05, 3.63) is 0 Å². The second kappa shape index (κ2) is 5.38. The number of hydrogen-bond acceptors (Lipinski definition) is 4. The summed E-state index contributed by atoms with van der Waals surface area (Å²) in [4.78, 5) is 13.2. The number of likely N-dealkylation sites (tertiary alicyclic amines) is 1. The molecule has 0 aromatic rings. The van der Waals surface area contributed by atoms with Crippen molar-refractivity contribution >= 4 is 12.0 Å². The van der Waals surface area contributed by atoms with Gasteiger partial charge in [0.1, 0.15) is 6.04 Å². The van der Waals surface area contributed by atoms with Crippen LogP contribution < -0.4 is 0 Å². The molecule has 1 unspecified atom stereocenters. The average Bonchev–Trinajstić information content (AvgIpc) is 2.72. The average molecular weight is 242 g/mol. The Morgan fingerprint density at radius 3 is 2.65 bits per heavy atom. The van der Waals surface area contributed by atoms with E-state index in [4.69, 9.17) is 14.9 Å². The summed E-state index contributed by atoms with van der Waals surface area (Å²) in [6, 6.07) is -0.278. The van der Waals surface area contributed by atoms with Gasteiger partial charge < -0.3 is 14.4 Å². The van der Waals surface area contributed by atoms with Crippen molar-refractivity contribution in [1.29, 1.82) is 5.41 Å². The zero-order valence-electron chi connectivity index (χ0n) is 11.1. The maximum absolute atomic E-state index is 11.5. The van der Waals surface area contributed by atoms with Gasteiger partial charge in [-0.15, -0.1) is 0 Å². The van der Waals surface area contributed by atoms with Gasteiger partial charge in [0.15, 0.2) is 0 Å². The minimum Gasteiger partial charge on any atom is -0.467 e. The lowest BCUT2D eigenvalue weighted by Crippen LogP contribution is -2.42. The third kappa shape index (κ3) is 3.91. The van der Waals surface area contributed by atoms with Crippen LogP contribution in [-0.2, 0) is 14.3 Å². The van der Waals surface area contributed by atoms with Gasteiger partial charge in [0.05, 0.1) is 13.7 Å². The first-order valence-corrected chi connectivity index (χ1v) is 5.91. The van der Waals surface area contributed by atoms with E-state index < -0.39 is 0 Å². The van der Waals surface area contributed by atoms with E-state index in [1.165, 1.54) is 7.11 Å². The molecule has 0 amide bonds. The number of carbonyl (C=O) groups is 1. The van der Waals surface area contributed by atoms with E-state index in [1.54, 1.807) is 4.90 Å². The second-order valence-corrected chi connectivity index (χ2v) is 5.53. The number of esters is 1. The SMILES string of the molecule is COC(=O)C1CCCN1C(=N)OCC(C)(C)C. The lowest BCUT2D eigenvalue weighted by molar-refractivity contribution is -0.144. The van der Waals surface area contributed by atoms with Crippen LogP contribution in [0.2, 0.25) is 0 Å². The highest BCUT2D eigenvalue weighted by Crippen LogP contribution is 2.20. The van der Waals surface area contributed by atoms with Crippen LogP contribution in [0, 0.1) is 10.8 Å². The molecule has 0 radical (unpaired) electrons. The Labute approximate surface area is 103 Å². The normalized spacial score (nSPS) is 20.2. The summed E-state index contributed by atoms with van der Waals surface area (Å²) in [5.41, 5.74) is 0.00673. The Hall–Kier alpha value is -1.26. The minimum atomic E-state index is -0.354. The van der Waals surface area contributed by atoms with E-state index >= 15 is 0 Å². The molecule has 1 N–H and O–H groups in total. The number of amidine groups is 1. The fraction of sp³-hybridized carbons (Fsp3) is 0.833. The first-order valence-electron chi connectivity index (χ1n) is 5.91. The van der Waals surface area contributed by atoms with E-state index in [1.807, 2.05) is 20.8 Å². The molecule has 17 heavy (non-hydrogen) atoms. The Bertz CT molecular complexity index is 297. The predicted molar refractivity (Wildman–Crippen MR) is 64.9 cm³/mol. The van der Waals surface area contributed by atoms with Gasteiger partial charge in [0.2, 0.25) is 0 Å². The van der Waals surface area contributed by atoms with Crippen molar-refractivity contribution in [3.8, 4) is 0 Å². The Morgan fingerprint density at radius 2 is 2.12 bits per heavy atom. The molecule has 5 nitrogen and oxygen atoms in total. The summed E-state index contributed by atoms with van der Waals surface area (Å²) in [7, 11) is 1.37. The highest BCUT2D eigenvalue weighted by Gasteiger charge is 2.34. The van der Waals surface area contributed by atoms with Gasteiger partial charge in [-0.05, 0) is 18.3 Å². The van der Waals surface area contributed by atoms with Crippen LogP contribution in [0.15, 0.2) is 0 Å². The molecule has 0 saturated carbocycles. The summed E-state index contributed by atoms with van der Waals surface area (Å²) in [5, 5.41) is 7.86. The molecule has 1 fully saturated rings. The van der Waals surface area contributed by atoms with Crippen LogP contribution in [-0.4, -0.2) is 43.2 Å². The molecule has 1 rings (SSSR count). The van der Waals surface area contributed by atoms with E-state index in [9.17, 15) is 4.79 Å². The van der Waals surface area contributed by atoms with Gasteiger partial charge in [-0.1, -0.05) is 20.8 Å². The monoisotopic (exact) mass is 242 g/mol. The number of nitrogens with one attached hydrogen (secondary N) is 1. The van der Waals surface area contributed by atoms with Gasteiger partial charge >= 0.3 is 5.97 Å². The number of nitrogens with zero attached hydrogens (tertiary/aromatic N) is 1. The molecule has 1 aliphatic rings. The lowest BCUT2D eigenvalue weighted by atomic mass is 9.99. The summed E-state index contributed by atoms with van der Waals surface area (Å²) < 4.78 is 10.1. The van der Waals surface area contributed by atoms with Crippen LogP contribution >= 0.6 is 0 Å². The number of rotatable bonds is 2. The lowest BCUT2D eigenvalue weighted by Gasteiger charge is -2.27. The molecule has 0 bridgehead atoms. The topological polar surface area (TPSA) is 62.6 Å². The Balaban J connectivity index is 2.53. The third-order valence-corrected chi connectivity index (χ3v) is 2.63. The predicted octanol–water partition coefficient (Wildman–Crippen LogP) is 1.62. The summed E-state index contributed by atoms with van der Waals surface area (Å²) >= 11 is 0. The summed E-state index contributed by atoms with van der Waals surface area (Å²) in [6.07, 6.45) is 1.62. The van der Waals surface area contributed by atoms with Gasteiger partial charge in [-0.3, -0.25) is 5.41 Å². The molecule has 0 aliphatic carbocycles. The fourth-order valence-electron chi connectivity index (χ4n) is 1.76. The first kappa shape index (κ1) is 13.8. The highest BCUT2D eigenvalue weighted by molar-refractivity contribution is 5.82. The largest absolute Gasteiger partial charge is 0.467 e. The summed E-state index contributed by atoms with van der Waals surface area (Å²) in [6.45, 7) is 7.28. The van der Waals surface area contributed by atoms with Gasteiger partial charge in [-0.25, -0.2) is 4.79 Å². The standard InChI is InChI=1S/C12H22N2O3/c1-12(2,3)8-17-11(13)14-7-5-6-9(14)10(15)16-4/h9,13H,5-8H2,1-4H3. The van der Waals surface area contributed by atoms with Crippen LogP contribution in [0.4, 0.5) is 0 Å². The smallest absolute Gasteiger partial charge is 0.328 e. The molecule has 1 heterocycles. The molecule has 98 valence electrons. The first-order chi connectivity index (χ1) is 7.85.